The van der Waals surface area contributed by atoms with E-state index in [0.29, 0.717) is 23.1 Å². The Hall–Kier alpha value is -2.49. The van der Waals surface area contributed by atoms with Gasteiger partial charge in [-0.3, -0.25) is 9.78 Å². The number of ether oxygens (including phenoxy) is 1. The molecule has 1 aromatic carbocycles. The van der Waals surface area contributed by atoms with E-state index in [2.05, 4.69) is 47.9 Å². The van der Waals surface area contributed by atoms with E-state index in [1.54, 1.807) is 24.6 Å². The van der Waals surface area contributed by atoms with Crippen molar-refractivity contribution < 1.29 is 9.53 Å². The predicted octanol–water partition coefficient (Wildman–Crippen LogP) is 4.92. The van der Waals surface area contributed by atoms with Gasteiger partial charge in [0.05, 0.1) is 30.6 Å². The Bertz CT molecular complexity index is 1080. The van der Waals surface area contributed by atoms with E-state index in [1.165, 1.54) is 0 Å². The number of pyridine rings is 1. The summed E-state index contributed by atoms with van der Waals surface area (Å²) in [6.07, 6.45) is 2.07. The number of nitrogens with zero attached hydrogens (tertiary/aromatic N) is 2. The molecule has 0 spiro atoms. The first kappa shape index (κ1) is 21.7. The maximum atomic E-state index is 12.7. The maximum Gasteiger partial charge on any atom is 0.226 e. The van der Waals surface area contributed by atoms with Crippen molar-refractivity contribution in [3.8, 4) is 5.75 Å². The average Bonchev–Trinajstić information content (AvgIpc) is 3.35. The largest absolute Gasteiger partial charge is 0.495 e. The van der Waals surface area contributed by atoms with E-state index in [9.17, 15) is 4.79 Å². The number of thiocarbonyl (C=S) groups is 1. The number of thiophene rings is 1. The maximum absolute atomic E-state index is 12.7. The monoisotopic (exact) mass is 516 g/mol. The lowest BCUT2D eigenvalue weighted by Crippen LogP contribution is -2.32. The van der Waals surface area contributed by atoms with Crippen molar-refractivity contribution in [3.63, 3.8) is 0 Å². The SMILES string of the molecule is COc1ccccc1NC(=O)CCN1C(=S)N[C@@H](c2ccccn2)[C@@H]1c1cc(Br)cs1. The van der Waals surface area contributed by atoms with Crippen LogP contribution in [0, 0.1) is 0 Å². The molecule has 3 heterocycles. The van der Waals surface area contributed by atoms with Gasteiger partial charge in [-0.1, -0.05) is 18.2 Å². The molecular formula is C22H21BrN4O2S2. The van der Waals surface area contributed by atoms with Crippen LogP contribution in [0.5, 0.6) is 5.75 Å². The summed E-state index contributed by atoms with van der Waals surface area (Å²) >= 11 is 10.9. The zero-order chi connectivity index (χ0) is 21.8. The Morgan fingerprint density at radius 2 is 2.13 bits per heavy atom. The van der Waals surface area contributed by atoms with Gasteiger partial charge in [-0.2, -0.15) is 0 Å². The summed E-state index contributed by atoms with van der Waals surface area (Å²) in [5.74, 6) is 0.533. The third-order valence-corrected chi connectivity index (χ3v) is 7.15. The van der Waals surface area contributed by atoms with Crippen LogP contribution in [0.25, 0.3) is 0 Å². The lowest BCUT2D eigenvalue weighted by Gasteiger charge is -2.26. The van der Waals surface area contributed by atoms with Gasteiger partial charge in [-0.05, 0) is 58.5 Å². The Balaban J connectivity index is 1.52. The third-order valence-electron chi connectivity index (χ3n) is 5.04. The van der Waals surface area contributed by atoms with Crippen LogP contribution in [-0.4, -0.2) is 34.6 Å². The second-order valence-corrected chi connectivity index (χ2v) is 9.23. The second-order valence-electron chi connectivity index (χ2n) is 6.99. The molecule has 2 atom stereocenters. The molecule has 1 fully saturated rings. The number of aromatic nitrogens is 1. The topological polar surface area (TPSA) is 66.5 Å². The normalized spacial score (nSPS) is 18.0. The standard InChI is InChI=1S/C22H21BrN4O2S2/c1-29-17-8-3-2-6-15(17)25-19(28)9-11-27-21(18-12-14(23)13-31-18)20(26-22(27)30)16-7-4-5-10-24-16/h2-8,10,12-13,20-21H,9,11H2,1H3,(H,25,28)(H,26,30)/t20-,21-/m0/s1. The van der Waals surface area contributed by atoms with Crippen molar-refractivity contribution in [2.75, 3.05) is 19.0 Å². The number of carbonyl (C=O) groups is 1. The Labute approximate surface area is 198 Å². The van der Waals surface area contributed by atoms with E-state index < -0.39 is 0 Å². The molecule has 1 aliphatic rings. The van der Waals surface area contributed by atoms with E-state index in [4.69, 9.17) is 17.0 Å². The molecule has 9 heteroatoms. The predicted molar refractivity (Wildman–Crippen MR) is 130 cm³/mol. The lowest BCUT2D eigenvalue weighted by molar-refractivity contribution is -0.116. The number of para-hydroxylation sites is 2. The zero-order valence-electron chi connectivity index (χ0n) is 16.7. The highest BCUT2D eigenvalue weighted by molar-refractivity contribution is 9.10. The van der Waals surface area contributed by atoms with Crippen molar-refractivity contribution in [2.24, 2.45) is 0 Å². The van der Waals surface area contributed by atoms with Crippen molar-refractivity contribution in [1.29, 1.82) is 0 Å². The molecule has 2 N–H and O–H groups in total. The zero-order valence-corrected chi connectivity index (χ0v) is 20.0. The smallest absolute Gasteiger partial charge is 0.226 e. The highest BCUT2D eigenvalue weighted by Crippen LogP contribution is 2.41. The van der Waals surface area contributed by atoms with Crippen molar-refractivity contribution in [2.45, 2.75) is 18.5 Å². The lowest BCUT2D eigenvalue weighted by atomic mass is 10.0. The molecule has 1 saturated heterocycles. The first-order valence-corrected chi connectivity index (χ1v) is 11.8. The summed E-state index contributed by atoms with van der Waals surface area (Å²) in [7, 11) is 1.58. The molecule has 0 aliphatic carbocycles. The fourth-order valence-corrected chi connectivity index (χ4v) is 5.55. The molecule has 31 heavy (non-hydrogen) atoms. The summed E-state index contributed by atoms with van der Waals surface area (Å²) in [4.78, 5) is 20.4. The van der Waals surface area contributed by atoms with E-state index in [-0.39, 0.29) is 24.4 Å². The van der Waals surface area contributed by atoms with Crippen LogP contribution >= 0.6 is 39.5 Å². The third kappa shape index (κ3) is 4.89. The molecule has 160 valence electrons. The van der Waals surface area contributed by atoms with Crippen LogP contribution in [0.3, 0.4) is 0 Å². The van der Waals surface area contributed by atoms with Crippen molar-refractivity contribution >= 4 is 56.2 Å². The molecule has 1 amide bonds. The summed E-state index contributed by atoms with van der Waals surface area (Å²) < 4.78 is 6.34. The number of anilines is 1. The molecule has 0 radical (unpaired) electrons. The highest BCUT2D eigenvalue weighted by atomic mass is 79.9. The van der Waals surface area contributed by atoms with Gasteiger partial charge in [0.2, 0.25) is 5.91 Å². The molecule has 1 aliphatic heterocycles. The van der Waals surface area contributed by atoms with Crippen LogP contribution in [0.15, 0.2) is 64.6 Å². The molecule has 0 bridgehead atoms. The Kier molecular flexibility index (Phi) is 6.84. The number of benzene rings is 1. The second kappa shape index (κ2) is 9.76. The number of amides is 1. The van der Waals surface area contributed by atoms with Gasteiger partial charge in [0.1, 0.15) is 5.75 Å². The van der Waals surface area contributed by atoms with Gasteiger partial charge < -0.3 is 20.3 Å². The fraction of sp³-hybridized carbons (Fsp3) is 0.227. The van der Waals surface area contributed by atoms with Gasteiger partial charge in [0, 0.05) is 33.9 Å². The average molecular weight is 517 g/mol. The van der Waals surface area contributed by atoms with E-state index in [0.717, 1.165) is 15.0 Å². The van der Waals surface area contributed by atoms with Gasteiger partial charge in [0.15, 0.2) is 5.11 Å². The summed E-state index contributed by atoms with van der Waals surface area (Å²) in [6.45, 7) is 0.482. The van der Waals surface area contributed by atoms with E-state index >= 15 is 0 Å². The van der Waals surface area contributed by atoms with Gasteiger partial charge in [-0.15, -0.1) is 11.3 Å². The fourth-order valence-electron chi connectivity index (χ4n) is 3.62. The minimum atomic E-state index is -0.0975. The molecule has 0 unspecified atom stereocenters. The van der Waals surface area contributed by atoms with Gasteiger partial charge >= 0.3 is 0 Å². The summed E-state index contributed by atoms with van der Waals surface area (Å²) in [5, 5.41) is 9.01. The summed E-state index contributed by atoms with van der Waals surface area (Å²) in [6, 6.07) is 15.2. The first-order chi connectivity index (χ1) is 15.1. The highest BCUT2D eigenvalue weighted by Gasteiger charge is 2.40. The van der Waals surface area contributed by atoms with E-state index in [1.807, 2.05) is 42.5 Å². The Morgan fingerprint density at radius 1 is 1.32 bits per heavy atom. The van der Waals surface area contributed by atoms with Crippen molar-refractivity contribution in [1.82, 2.24) is 15.2 Å². The molecule has 4 rings (SSSR count). The molecule has 2 aromatic heterocycles. The minimum Gasteiger partial charge on any atom is -0.495 e. The number of hydrogen-bond acceptors (Lipinski definition) is 5. The van der Waals surface area contributed by atoms with Crippen molar-refractivity contribution in [3.05, 3.63) is 75.2 Å². The number of rotatable bonds is 7. The number of hydrogen-bond donors (Lipinski definition) is 2. The Morgan fingerprint density at radius 3 is 2.84 bits per heavy atom. The van der Waals surface area contributed by atoms with Crippen LogP contribution in [0.4, 0.5) is 5.69 Å². The van der Waals surface area contributed by atoms with Crippen LogP contribution in [0.2, 0.25) is 0 Å². The van der Waals surface area contributed by atoms with Crippen LogP contribution < -0.4 is 15.4 Å². The first-order valence-electron chi connectivity index (χ1n) is 9.71. The quantitative estimate of drug-likeness (QED) is 0.434. The number of carbonyl (C=O) groups excluding carboxylic acids is 1. The van der Waals surface area contributed by atoms with Crippen LogP contribution in [-0.2, 0) is 4.79 Å². The summed E-state index contributed by atoms with van der Waals surface area (Å²) in [5.41, 5.74) is 1.57. The molecule has 3 aromatic rings. The molecular weight excluding hydrogens is 496 g/mol. The van der Waals surface area contributed by atoms with Gasteiger partial charge in [-0.25, -0.2) is 0 Å². The number of nitrogens with one attached hydrogen (secondary N) is 2. The molecule has 6 nitrogen and oxygen atoms in total. The molecule has 0 saturated carbocycles. The number of methoxy groups -OCH3 is 1. The number of halogens is 1. The minimum absolute atomic E-state index is 0.0437. The van der Waals surface area contributed by atoms with Crippen LogP contribution in [0.1, 0.15) is 29.1 Å². The van der Waals surface area contributed by atoms with Gasteiger partial charge in [0.25, 0.3) is 0 Å².